The maximum absolute atomic E-state index is 13.5. The summed E-state index contributed by atoms with van der Waals surface area (Å²) in [4.78, 5) is 12.7. The molecule has 0 amide bonds. The molecule has 0 saturated heterocycles. The Morgan fingerprint density at radius 2 is 1.79 bits per heavy atom. The minimum absolute atomic E-state index is 0.190. The van der Waals surface area contributed by atoms with Gasteiger partial charge in [0.05, 0.1) is 11.8 Å². The normalized spacial score (nSPS) is 10.7. The number of oxazole rings is 1. The molecule has 2 aromatic carbocycles. The zero-order chi connectivity index (χ0) is 19.7. The summed E-state index contributed by atoms with van der Waals surface area (Å²) >= 11 is 0. The number of benzene rings is 2. The van der Waals surface area contributed by atoms with Crippen LogP contribution in [0.15, 0.2) is 70.1 Å². The summed E-state index contributed by atoms with van der Waals surface area (Å²) in [5.74, 6) is 4.54. The Hall–Kier alpha value is -3.65. The minimum atomic E-state index is -0.933. The number of hydrogen-bond donors (Lipinski definition) is 0. The minimum Gasteiger partial charge on any atom is -0.429 e. The van der Waals surface area contributed by atoms with Gasteiger partial charge in [-0.15, -0.1) is 0 Å². The molecule has 4 aromatic rings. The number of fused-ring (bicyclic) bond motifs is 1. The maximum atomic E-state index is 13.5. The summed E-state index contributed by atoms with van der Waals surface area (Å²) < 4.78 is 34.0. The molecule has 4 rings (SSSR count). The van der Waals surface area contributed by atoms with Crippen LogP contribution in [0, 0.1) is 30.4 Å². The van der Waals surface area contributed by atoms with Gasteiger partial charge in [-0.2, -0.15) is 0 Å². The molecule has 138 valence electrons. The Balaban J connectivity index is 1.72. The third-order valence-electron chi connectivity index (χ3n) is 4.43. The lowest BCUT2D eigenvalue weighted by atomic mass is 10.0. The number of nitrogens with zero attached hydrogens (tertiary/aromatic N) is 1. The van der Waals surface area contributed by atoms with Crippen LogP contribution in [0.4, 0.5) is 8.78 Å². The van der Waals surface area contributed by atoms with E-state index >= 15 is 0 Å². The number of halogens is 2. The lowest BCUT2D eigenvalue weighted by Gasteiger charge is -2.05. The first kappa shape index (κ1) is 17.7. The first-order valence-electron chi connectivity index (χ1n) is 8.66. The van der Waals surface area contributed by atoms with Crippen molar-refractivity contribution in [2.75, 3.05) is 0 Å². The molecular formula is C23H15F2NO2. The van der Waals surface area contributed by atoms with Crippen molar-refractivity contribution in [1.82, 2.24) is 4.40 Å². The van der Waals surface area contributed by atoms with Gasteiger partial charge in [-0.3, -0.25) is 9.20 Å². The molecule has 0 bridgehead atoms. The molecule has 0 aliphatic rings. The number of aryl methyl sites for hydroxylation is 1. The quantitative estimate of drug-likeness (QED) is 0.485. The number of pyridine rings is 1. The van der Waals surface area contributed by atoms with Crippen molar-refractivity contribution in [3.05, 3.63) is 111 Å². The summed E-state index contributed by atoms with van der Waals surface area (Å²) in [6.07, 6.45) is 3.53. The van der Waals surface area contributed by atoms with E-state index in [1.165, 1.54) is 6.07 Å². The molecule has 3 nitrogen and oxygen atoms in total. The fourth-order valence-electron chi connectivity index (χ4n) is 3.01. The van der Waals surface area contributed by atoms with E-state index in [1.807, 2.05) is 30.3 Å². The molecule has 0 unspecified atom stereocenters. The lowest BCUT2D eigenvalue weighted by Crippen LogP contribution is -2.14. The van der Waals surface area contributed by atoms with Gasteiger partial charge in [0, 0.05) is 23.7 Å². The zero-order valence-corrected chi connectivity index (χ0v) is 15.0. The van der Waals surface area contributed by atoms with Crippen molar-refractivity contribution < 1.29 is 13.2 Å². The first-order chi connectivity index (χ1) is 13.5. The van der Waals surface area contributed by atoms with Gasteiger partial charge in [0.25, 0.3) is 0 Å². The molecule has 28 heavy (non-hydrogen) atoms. The molecule has 0 aliphatic heterocycles. The van der Waals surface area contributed by atoms with Crippen molar-refractivity contribution >= 4 is 5.71 Å². The average Bonchev–Trinajstić information content (AvgIpc) is 3.11. The molecule has 2 aromatic heterocycles. The predicted molar refractivity (Wildman–Crippen MR) is 102 cm³/mol. The van der Waals surface area contributed by atoms with Crippen LogP contribution in [0.3, 0.4) is 0 Å². The second-order valence-corrected chi connectivity index (χ2v) is 6.46. The molecule has 0 radical (unpaired) electrons. The third-order valence-corrected chi connectivity index (χ3v) is 4.43. The van der Waals surface area contributed by atoms with Crippen molar-refractivity contribution in [3.8, 4) is 11.8 Å². The van der Waals surface area contributed by atoms with Crippen LogP contribution in [0.2, 0.25) is 0 Å². The zero-order valence-electron chi connectivity index (χ0n) is 15.0. The van der Waals surface area contributed by atoms with E-state index < -0.39 is 11.6 Å². The van der Waals surface area contributed by atoms with E-state index in [2.05, 4.69) is 11.8 Å². The highest BCUT2D eigenvalue weighted by atomic mass is 19.2. The Bertz CT molecular complexity index is 1290. The highest BCUT2D eigenvalue weighted by molar-refractivity contribution is 5.49. The van der Waals surface area contributed by atoms with E-state index in [1.54, 1.807) is 23.7 Å². The van der Waals surface area contributed by atoms with Gasteiger partial charge < -0.3 is 4.42 Å². The second kappa shape index (κ2) is 7.16. The van der Waals surface area contributed by atoms with E-state index in [4.69, 9.17) is 4.42 Å². The van der Waals surface area contributed by atoms with Gasteiger partial charge in [-0.05, 0) is 42.7 Å². The predicted octanol–water partition coefficient (Wildman–Crippen LogP) is 4.47. The summed E-state index contributed by atoms with van der Waals surface area (Å²) in [5.41, 5.74) is 2.49. The van der Waals surface area contributed by atoms with Crippen LogP contribution in [0.1, 0.15) is 28.0 Å². The van der Waals surface area contributed by atoms with Crippen LogP contribution < -0.4 is 5.43 Å². The van der Waals surface area contributed by atoms with Gasteiger partial charge in [0.1, 0.15) is 0 Å². The third kappa shape index (κ3) is 3.45. The molecular weight excluding hydrogens is 360 g/mol. The second-order valence-electron chi connectivity index (χ2n) is 6.46. The van der Waals surface area contributed by atoms with Crippen LogP contribution in [-0.4, -0.2) is 4.40 Å². The molecule has 0 N–H and O–H groups in total. The highest BCUT2D eigenvalue weighted by Crippen LogP contribution is 2.16. The molecule has 0 aliphatic carbocycles. The Morgan fingerprint density at radius 1 is 1.00 bits per heavy atom. The van der Waals surface area contributed by atoms with Crippen molar-refractivity contribution in [2.45, 2.75) is 13.3 Å². The standard InChI is InChI=1S/C23H15F2NO2/c1-15-22(27)18(11-17-8-10-20(24)21(25)12-17)13-26-14-19(28-23(15)26)9-7-16-5-3-2-4-6-16/h2-6,8,10,12-14H,11H2,1H3. The summed E-state index contributed by atoms with van der Waals surface area (Å²) in [7, 11) is 0. The largest absolute Gasteiger partial charge is 0.429 e. The van der Waals surface area contributed by atoms with Gasteiger partial charge in [-0.25, -0.2) is 8.78 Å². The topological polar surface area (TPSA) is 34.6 Å². The van der Waals surface area contributed by atoms with E-state index in [-0.39, 0.29) is 11.8 Å². The summed E-state index contributed by atoms with van der Waals surface area (Å²) in [6, 6.07) is 13.1. The van der Waals surface area contributed by atoms with Gasteiger partial charge in [0.15, 0.2) is 22.8 Å². The summed E-state index contributed by atoms with van der Waals surface area (Å²) in [6.45, 7) is 1.67. The SMILES string of the molecule is Cc1c(=O)c(Cc2ccc(F)c(F)c2)cn2cc(C#Cc3ccccc3)oc12. The van der Waals surface area contributed by atoms with Crippen LogP contribution in [0.25, 0.3) is 5.71 Å². The Labute approximate surface area is 159 Å². The molecule has 5 heteroatoms. The molecule has 2 heterocycles. The molecule has 0 spiro atoms. The first-order valence-corrected chi connectivity index (χ1v) is 8.66. The fraction of sp³-hybridized carbons (Fsp3) is 0.0870. The number of aromatic nitrogens is 1. The number of hydrogen-bond acceptors (Lipinski definition) is 2. The Morgan fingerprint density at radius 3 is 2.54 bits per heavy atom. The van der Waals surface area contributed by atoms with Gasteiger partial charge in [-0.1, -0.05) is 30.2 Å². The van der Waals surface area contributed by atoms with Gasteiger partial charge >= 0.3 is 0 Å². The monoisotopic (exact) mass is 375 g/mol. The molecule has 0 saturated carbocycles. The Kier molecular flexibility index (Phi) is 4.54. The van der Waals surface area contributed by atoms with Crippen LogP contribution >= 0.6 is 0 Å². The smallest absolute Gasteiger partial charge is 0.212 e. The summed E-state index contributed by atoms with van der Waals surface area (Å²) in [5, 5.41) is 0. The molecule has 0 atom stereocenters. The van der Waals surface area contributed by atoms with Crippen molar-refractivity contribution in [2.24, 2.45) is 0 Å². The van der Waals surface area contributed by atoms with E-state index in [0.29, 0.717) is 28.2 Å². The van der Waals surface area contributed by atoms with Crippen LogP contribution in [0.5, 0.6) is 0 Å². The lowest BCUT2D eigenvalue weighted by molar-refractivity contribution is 0.507. The van der Waals surface area contributed by atoms with Crippen molar-refractivity contribution in [3.63, 3.8) is 0 Å². The van der Waals surface area contributed by atoms with E-state index in [0.717, 1.165) is 17.7 Å². The fourth-order valence-corrected chi connectivity index (χ4v) is 3.01. The average molecular weight is 375 g/mol. The number of rotatable bonds is 2. The van der Waals surface area contributed by atoms with E-state index in [9.17, 15) is 13.6 Å². The van der Waals surface area contributed by atoms with Crippen LogP contribution in [-0.2, 0) is 6.42 Å². The maximum Gasteiger partial charge on any atom is 0.212 e. The van der Waals surface area contributed by atoms with Gasteiger partial charge in [0.2, 0.25) is 5.71 Å². The highest BCUT2D eigenvalue weighted by Gasteiger charge is 2.13. The molecule has 0 fully saturated rings. The van der Waals surface area contributed by atoms with Crippen molar-refractivity contribution in [1.29, 1.82) is 0 Å².